The molecule has 0 aliphatic carbocycles. The normalized spacial score (nSPS) is 13.2. The molecule has 1 aliphatic rings. The molecule has 3 aromatic carbocycles. The third kappa shape index (κ3) is 5.98. The first-order valence-electron chi connectivity index (χ1n) is 13.6. The van der Waals surface area contributed by atoms with Crippen LogP contribution >= 0.6 is 0 Å². The van der Waals surface area contributed by atoms with Crippen molar-refractivity contribution in [1.82, 2.24) is 9.97 Å². The molecule has 0 spiro atoms. The van der Waals surface area contributed by atoms with Gasteiger partial charge in [0.25, 0.3) is 0 Å². The Bertz CT molecular complexity index is 1750. The maximum absolute atomic E-state index is 15.5. The van der Waals surface area contributed by atoms with Gasteiger partial charge in [-0.15, -0.1) is 0 Å². The molecule has 1 saturated heterocycles. The quantitative estimate of drug-likeness (QED) is 0.238. The minimum absolute atomic E-state index is 0.0592. The summed E-state index contributed by atoms with van der Waals surface area (Å²) in [7, 11) is 0. The highest BCUT2D eigenvalue weighted by Crippen LogP contribution is 2.33. The second-order valence-corrected chi connectivity index (χ2v) is 10.0. The van der Waals surface area contributed by atoms with E-state index in [2.05, 4.69) is 15.5 Å². The number of benzene rings is 3. The smallest absolute Gasteiger partial charge is 0.323 e. The molecule has 10 heteroatoms. The Morgan fingerprint density at radius 2 is 1.69 bits per heavy atom. The topological polar surface area (TPSA) is 110 Å². The van der Waals surface area contributed by atoms with Crippen LogP contribution in [0, 0.1) is 5.82 Å². The molecule has 2 amide bonds. The summed E-state index contributed by atoms with van der Waals surface area (Å²) in [4.78, 5) is 35.5. The molecular weight excluding hydrogens is 537 g/mol. The molecule has 0 radical (unpaired) electrons. The molecule has 6 rings (SSSR count). The second kappa shape index (κ2) is 11.8. The number of Topliss-reactive ketones (excluding diaryl/α,β-unsaturated/α-hetero) is 1. The highest BCUT2D eigenvalue weighted by Gasteiger charge is 2.20. The van der Waals surface area contributed by atoms with Crippen molar-refractivity contribution in [2.24, 2.45) is 0 Å². The highest BCUT2D eigenvalue weighted by atomic mass is 19.1. The number of ether oxygens (including phenoxy) is 1. The van der Waals surface area contributed by atoms with Gasteiger partial charge in [0.15, 0.2) is 5.82 Å². The largest absolute Gasteiger partial charge is 0.464 e. The number of ketones is 1. The number of rotatable bonds is 7. The fourth-order valence-corrected chi connectivity index (χ4v) is 4.91. The van der Waals surface area contributed by atoms with Crippen molar-refractivity contribution in [1.29, 1.82) is 0 Å². The third-order valence-corrected chi connectivity index (χ3v) is 6.93. The maximum atomic E-state index is 15.5. The van der Waals surface area contributed by atoms with Crippen LogP contribution in [0.2, 0.25) is 0 Å². The zero-order chi connectivity index (χ0) is 29.1. The van der Waals surface area contributed by atoms with E-state index in [1.54, 1.807) is 42.7 Å². The van der Waals surface area contributed by atoms with Gasteiger partial charge < -0.3 is 24.7 Å². The van der Waals surface area contributed by atoms with E-state index < -0.39 is 11.8 Å². The van der Waals surface area contributed by atoms with E-state index in [1.165, 1.54) is 13.0 Å². The summed E-state index contributed by atoms with van der Waals surface area (Å²) < 4.78 is 26.6. The molecule has 5 aromatic rings. The Kier molecular flexibility index (Phi) is 7.61. The van der Waals surface area contributed by atoms with Crippen LogP contribution in [0.25, 0.3) is 33.6 Å². The van der Waals surface area contributed by atoms with E-state index in [1.807, 2.05) is 30.3 Å². The lowest BCUT2D eigenvalue weighted by Crippen LogP contribution is -2.37. The van der Waals surface area contributed by atoms with Crippen molar-refractivity contribution < 1.29 is 23.1 Å². The van der Waals surface area contributed by atoms with Gasteiger partial charge in [-0.2, -0.15) is 0 Å². The number of urea groups is 1. The molecule has 1 fully saturated rings. The fourth-order valence-electron chi connectivity index (χ4n) is 4.91. The minimum Gasteiger partial charge on any atom is -0.464 e. The summed E-state index contributed by atoms with van der Waals surface area (Å²) in [5.74, 6) is 1.14. The van der Waals surface area contributed by atoms with E-state index >= 15 is 4.39 Å². The van der Waals surface area contributed by atoms with Crippen LogP contribution in [0.4, 0.5) is 26.4 Å². The number of furan rings is 1. The van der Waals surface area contributed by atoms with E-state index in [-0.39, 0.29) is 22.9 Å². The predicted molar refractivity (Wildman–Crippen MR) is 159 cm³/mol. The van der Waals surface area contributed by atoms with Gasteiger partial charge in [-0.05, 0) is 67.1 Å². The van der Waals surface area contributed by atoms with Crippen molar-refractivity contribution in [3.63, 3.8) is 0 Å². The van der Waals surface area contributed by atoms with Gasteiger partial charge in [0, 0.05) is 41.8 Å². The summed E-state index contributed by atoms with van der Waals surface area (Å²) >= 11 is 0. The maximum Gasteiger partial charge on any atom is 0.323 e. The molecule has 212 valence electrons. The number of carbonyl (C=O) groups excluding carboxylic acids is 2. The number of hydrogen-bond donors (Lipinski definition) is 2. The van der Waals surface area contributed by atoms with Crippen molar-refractivity contribution in [3.05, 3.63) is 90.4 Å². The first-order chi connectivity index (χ1) is 20.4. The van der Waals surface area contributed by atoms with Crippen LogP contribution in [-0.4, -0.2) is 48.1 Å². The van der Waals surface area contributed by atoms with Crippen LogP contribution in [0.5, 0.6) is 0 Å². The monoisotopic (exact) mass is 565 g/mol. The summed E-state index contributed by atoms with van der Waals surface area (Å²) in [6.07, 6.45) is 1.94. The standard InChI is InChI=1S/C32H28FN5O4/c1-20(39)17-21-4-7-23(8-5-21)34-32(40)35-24-9-11-25(27(33)19-24)30-36-28-18-22(29-3-2-14-42-29)6-10-26(28)31(37-30)38-12-15-41-16-13-38/h2-11,14,18-19H,12-13,15-17H2,1H3,(H2,34,35,40). The number of nitrogens with one attached hydrogen (secondary N) is 2. The van der Waals surface area contributed by atoms with Gasteiger partial charge >= 0.3 is 6.03 Å². The first-order valence-corrected chi connectivity index (χ1v) is 13.6. The number of hydrogen-bond acceptors (Lipinski definition) is 7. The fraction of sp³-hybridized carbons (Fsp3) is 0.188. The molecule has 0 atom stereocenters. The van der Waals surface area contributed by atoms with Crippen LogP contribution in [0.15, 0.2) is 83.5 Å². The number of fused-ring (bicyclic) bond motifs is 1. The summed E-state index contributed by atoms with van der Waals surface area (Å²) in [5.41, 5.74) is 3.40. The molecule has 9 nitrogen and oxygen atoms in total. The molecule has 1 aliphatic heterocycles. The van der Waals surface area contributed by atoms with E-state index in [0.717, 1.165) is 16.5 Å². The Morgan fingerprint density at radius 3 is 2.40 bits per heavy atom. The summed E-state index contributed by atoms with van der Waals surface area (Å²) in [6.45, 7) is 3.99. The van der Waals surface area contributed by atoms with E-state index in [9.17, 15) is 9.59 Å². The Morgan fingerprint density at radius 1 is 0.929 bits per heavy atom. The van der Waals surface area contributed by atoms with E-state index in [0.29, 0.717) is 55.5 Å². The SMILES string of the molecule is CC(=O)Cc1ccc(NC(=O)Nc2ccc(-c3nc(N4CCOCC4)c4ccc(-c5ccco5)cc4n3)c(F)c2)cc1. The van der Waals surface area contributed by atoms with Crippen molar-refractivity contribution in [3.8, 4) is 22.7 Å². The average molecular weight is 566 g/mol. The van der Waals surface area contributed by atoms with Gasteiger partial charge in [-0.3, -0.25) is 4.79 Å². The number of halogens is 1. The molecule has 2 N–H and O–H groups in total. The average Bonchev–Trinajstić information content (AvgIpc) is 3.53. The van der Waals surface area contributed by atoms with Crippen molar-refractivity contribution in [2.75, 3.05) is 41.8 Å². The molecule has 0 bridgehead atoms. The van der Waals surface area contributed by atoms with Crippen molar-refractivity contribution >= 4 is 39.9 Å². The molecular formula is C32H28FN5O4. The van der Waals surface area contributed by atoms with Gasteiger partial charge in [0.05, 0.1) is 30.6 Å². The van der Waals surface area contributed by atoms with Crippen LogP contribution < -0.4 is 15.5 Å². The number of aromatic nitrogens is 2. The van der Waals surface area contributed by atoms with Crippen LogP contribution in [0.3, 0.4) is 0 Å². The van der Waals surface area contributed by atoms with Gasteiger partial charge in [0.1, 0.15) is 23.2 Å². The Balaban J connectivity index is 1.27. The number of morpholine rings is 1. The van der Waals surface area contributed by atoms with Gasteiger partial charge in [-0.25, -0.2) is 19.2 Å². The number of anilines is 3. The lowest BCUT2D eigenvalue weighted by atomic mass is 10.1. The Labute approximate surface area is 241 Å². The summed E-state index contributed by atoms with van der Waals surface area (Å²) in [5, 5.41) is 6.21. The molecule has 3 heterocycles. The summed E-state index contributed by atoms with van der Waals surface area (Å²) in [6, 6.07) is 20.4. The number of amides is 2. The van der Waals surface area contributed by atoms with Crippen LogP contribution in [0.1, 0.15) is 12.5 Å². The second-order valence-electron chi connectivity index (χ2n) is 10.0. The predicted octanol–water partition coefficient (Wildman–Crippen LogP) is 6.31. The molecule has 0 saturated carbocycles. The lowest BCUT2D eigenvalue weighted by molar-refractivity contribution is -0.116. The highest BCUT2D eigenvalue weighted by molar-refractivity contribution is 6.00. The van der Waals surface area contributed by atoms with Gasteiger partial charge in [0.2, 0.25) is 0 Å². The zero-order valence-electron chi connectivity index (χ0n) is 22.9. The zero-order valence-corrected chi connectivity index (χ0v) is 22.9. The molecule has 2 aromatic heterocycles. The van der Waals surface area contributed by atoms with E-state index in [4.69, 9.17) is 19.1 Å². The number of carbonyl (C=O) groups is 2. The first kappa shape index (κ1) is 27.1. The Hall–Kier alpha value is -5.09. The third-order valence-electron chi connectivity index (χ3n) is 6.93. The lowest BCUT2D eigenvalue weighted by Gasteiger charge is -2.29. The van der Waals surface area contributed by atoms with Crippen molar-refractivity contribution in [2.45, 2.75) is 13.3 Å². The van der Waals surface area contributed by atoms with Crippen LogP contribution in [-0.2, 0) is 16.0 Å². The molecule has 42 heavy (non-hydrogen) atoms. The van der Waals surface area contributed by atoms with Gasteiger partial charge in [-0.1, -0.05) is 18.2 Å². The number of nitrogens with zero attached hydrogens (tertiary/aromatic N) is 3. The molecule has 0 unspecified atom stereocenters. The minimum atomic E-state index is -0.573.